The van der Waals surface area contributed by atoms with E-state index in [0.717, 1.165) is 22.7 Å². The van der Waals surface area contributed by atoms with Gasteiger partial charge in [0.2, 0.25) is 0 Å². The van der Waals surface area contributed by atoms with Crippen LogP contribution in [0, 0.1) is 0 Å². The normalized spacial score (nSPS) is 13.5. The molecule has 0 bridgehead atoms. The molecule has 0 saturated carbocycles. The number of fused-ring (bicyclic) bond motifs is 9. The molecule has 13 aromatic rings. The summed E-state index contributed by atoms with van der Waals surface area (Å²) in [5.41, 5.74) is 14.6. The number of rotatable bonds is 9. The van der Waals surface area contributed by atoms with Crippen LogP contribution in [-0.4, -0.2) is 20.7 Å². The van der Waals surface area contributed by atoms with E-state index >= 15 is 0 Å². The number of hydrogen-bond donors (Lipinski definition) is 0. The van der Waals surface area contributed by atoms with E-state index in [4.69, 9.17) is 0 Å². The molecule has 3 heterocycles. The fourth-order valence-corrected chi connectivity index (χ4v) is 23.8. The van der Waals surface area contributed by atoms with Gasteiger partial charge in [-0.1, -0.05) is 243 Å². The lowest BCUT2D eigenvalue weighted by Crippen LogP contribution is -2.72. The quantitative estimate of drug-likeness (QED) is 0.131. The predicted octanol–water partition coefficient (Wildman–Crippen LogP) is 12.6. The van der Waals surface area contributed by atoms with Crippen molar-refractivity contribution in [3.63, 3.8) is 0 Å². The van der Waals surface area contributed by atoms with Crippen molar-refractivity contribution in [3.8, 4) is 39.1 Å². The molecular weight excluding hydrogens is 949 g/mol. The molecule has 0 aliphatic carbocycles. The van der Waals surface area contributed by atoms with E-state index in [9.17, 15) is 0 Å². The van der Waals surface area contributed by atoms with Gasteiger partial charge in [0.1, 0.15) is 0 Å². The van der Waals surface area contributed by atoms with Crippen LogP contribution < -0.4 is 46.4 Å². The summed E-state index contributed by atoms with van der Waals surface area (Å²) < 4.78 is 2.40. The van der Waals surface area contributed by atoms with E-state index in [1.165, 1.54) is 96.7 Å². The third-order valence-corrected chi connectivity index (χ3v) is 26.3. The van der Waals surface area contributed by atoms with Gasteiger partial charge < -0.3 is 9.47 Å². The topological polar surface area (TPSA) is 8.17 Å². The van der Waals surface area contributed by atoms with Gasteiger partial charge in [-0.15, -0.1) is 0 Å². The first kappa shape index (κ1) is 44.2. The Bertz CT molecular complexity index is 4250. The second-order valence-corrected chi connectivity index (χ2v) is 27.8. The molecule has 1 aromatic heterocycles. The van der Waals surface area contributed by atoms with E-state index in [-0.39, 0.29) is 0 Å². The molecule has 2 aliphatic rings. The zero-order valence-electron chi connectivity index (χ0n) is 41.8. The molecule has 356 valence electrons. The van der Waals surface area contributed by atoms with Crippen molar-refractivity contribution in [2.75, 3.05) is 4.90 Å². The van der Waals surface area contributed by atoms with Gasteiger partial charge in [0.25, 0.3) is 0 Å². The molecule has 2 nitrogen and oxygen atoms in total. The lowest BCUT2D eigenvalue weighted by atomic mass is 10.0. The summed E-state index contributed by atoms with van der Waals surface area (Å²) in [4.78, 5) is 2.50. The number of benzene rings is 12. The number of hydrogen-bond acceptors (Lipinski definition) is 1. The molecule has 76 heavy (non-hydrogen) atoms. The van der Waals surface area contributed by atoms with Crippen LogP contribution in [0.4, 0.5) is 17.1 Å². The van der Waals surface area contributed by atoms with Crippen molar-refractivity contribution < 1.29 is 0 Å². The molecule has 0 radical (unpaired) electrons. The minimum atomic E-state index is -2.79. The summed E-state index contributed by atoms with van der Waals surface area (Å²) in [5, 5.41) is 13.8. The Balaban J connectivity index is 0.925. The van der Waals surface area contributed by atoms with Gasteiger partial charge in [-0.05, 0) is 136 Å². The molecule has 0 unspecified atom stereocenters. The van der Waals surface area contributed by atoms with Gasteiger partial charge >= 0.3 is 0 Å². The van der Waals surface area contributed by atoms with Gasteiger partial charge in [0.05, 0.1) is 11.0 Å². The largest absolute Gasteiger partial charge is 0.310 e. The summed E-state index contributed by atoms with van der Waals surface area (Å²) in [7, 11) is -5.46. The van der Waals surface area contributed by atoms with Crippen molar-refractivity contribution >= 4 is 96.5 Å². The Morgan fingerprint density at radius 1 is 0.250 bits per heavy atom. The van der Waals surface area contributed by atoms with Gasteiger partial charge in [0, 0.05) is 33.5 Å². The van der Waals surface area contributed by atoms with E-state index in [0.29, 0.717) is 0 Å². The average Bonchev–Trinajstić information content (AvgIpc) is 4.30. The highest BCUT2D eigenvalue weighted by Crippen LogP contribution is 2.42. The van der Waals surface area contributed by atoms with Crippen LogP contribution in [0.3, 0.4) is 0 Å². The molecule has 2 aliphatic heterocycles. The van der Waals surface area contributed by atoms with E-state index in [1.807, 2.05) is 0 Å². The first-order valence-corrected chi connectivity index (χ1v) is 30.4. The number of nitrogens with zero attached hydrogens (tertiary/aromatic N) is 2. The van der Waals surface area contributed by atoms with Crippen molar-refractivity contribution in [3.05, 3.63) is 303 Å². The van der Waals surface area contributed by atoms with Crippen LogP contribution in [0.5, 0.6) is 0 Å². The molecule has 0 spiro atoms. The Labute approximate surface area is 445 Å². The number of aromatic nitrogens is 1. The second-order valence-electron chi connectivity index (χ2n) is 20.3. The monoisotopic (exact) mass is 998 g/mol. The van der Waals surface area contributed by atoms with E-state index < -0.39 is 16.1 Å². The average molecular weight is 999 g/mol. The fraction of sp³-hybridized carbons (Fsp3) is 0. The molecule has 0 saturated heterocycles. The van der Waals surface area contributed by atoms with Gasteiger partial charge in [-0.25, -0.2) is 0 Å². The third kappa shape index (κ3) is 6.51. The highest BCUT2D eigenvalue weighted by atomic mass is 28.3. The predicted molar refractivity (Wildman–Crippen MR) is 326 cm³/mol. The van der Waals surface area contributed by atoms with Gasteiger partial charge in [-0.3, -0.25) is 0 Å². The second kappa shape index (κ2) is 17.7. The fourth-order valence-electron chi connectivity index (χ4n) is 13.4. The smallest absolute Gasteiger partial charge is 0.180 e. The molecule has 12 aromatic carbocycles. The zero-order chi connectivity index (χ0) is 50.2. The maximum absolute atomic E-state index is 2.79. The number of para-hydroxylation sites is 2. The van der Waals surface area contributed by atoms with Crippen molar-refractivity contribution in [2.45, 2.75) is 0 Å². The molecule has 0 N–H and O–H groups in total. The van der Waals surface area contributed by atoms with Crippen LogP contribution >= 0.6 is 0 Å². The van der Waals surface area contributed by atoms with E-state index in [1.54, 1.807) is 0 Å². The number of anilines is 3. The van der Waals surface area contributed by atoms with Crippen LogP contribution in [0.1, 0.15) is 0 Å². The third-order valence-electron chi connectivity index (χ3n) is 16.5. The zero-order valence-corrected chi connectivity index (χ0v) is 43.8. The molecular formula is C72H50N2Si2. The van der Waals surface area contributed by atoms with Crippen LogP contribution in [-0.2, 0) is 0 Å². The highest BCUT2D eigenvalue weighted by molar-refractivity contribution is 7.23. The lowest BCUT2D eigenvalue weighted by Gasteiger charge is -2.33. The Morgan fingerprint density at radius 2 is 0.684 bits per heavy atom. The van der Waals surface area contributed by atoms with Gasteiger partial charge in [0.15, 0.2) is 16.1 Å². The summed E-state index contributed by atoms with van der Waals surface area (Å²) in [6.07, 6.45) is 0. The molecule has 15 rings (SSSR count). The van der Waals surface area contributed by atoms with Crippen LogP contribution in [0.2, 0.25) is 0 Å². The summed E-state index contributed by atoms with van der Waals surface area (Å²) in [6.45, 7) is 0. The molecule has 0 amide bonds. The van der Waals surface area contributed by atoms with Crippen LogP contribution in [0.25, 0.3) is 60.9 Å². The Kier molecular flexibility index (Phi) is 10.3. The summed E-state index contributed by atoms with van der Waals surface area (Å²) in [5.74, 6) is 0. The summed E-state index contributed by atoms with van der Waals surface area (Å²) >= 11 is 0. The molecule has 0 atom stereocenters. The van der Waals surface area contributed by atoms with Crippen molar-refractivity contribution in [1.29, 1.82) is 0 Å². The van der Waals surface area contributed by atoms with Crippen LogP contribution in [0.15, 0.2) is 303 Å². The molecule has 0 fully saturated rings. The molecule has 4 heteroatoms. The first-order valence-electron chi connectivity index (χ1n) is 26.4. The SMILES string of the molecule is c1ccc(-n2c3ccccc3c3cc(N(c4ccc(-c5cccc([Si]6(c7ccccc7)c7ccccc7-c7ccccc76)c5)cc4)c4ccc5c(c4)[Si](c4ccccc4)(c4ccccc4)c4ccccc4-5)ccc32)cc1. The Hall–Kier alpha value is -9.33. The minimum Gasteiger partial charge on any atom is -0.310 e. The lowest BCUT2D eigenvalue weighted by molar-refractivity contribution is 1.18. The highest BCUT2D eigenvalue weighted by Gasteiger charge is 2.50. The van der Waals surface area contributed by atoms with Crippen molar-refractivity contribution in [1.82, 2.24) is 4.57 Å². The maximum atomic E-state index is 2.54. The maximum Gasteiger partial charge on any atom is 0.180 e. The van der Waals surface area contributed by atoms with Gasteiger partial charge in [-0.2, -0.15) is 0 Å². The Morgan fingerprint density at radius 3 is 1.28 bits per heavy atom. The van der Waals surface area contributed by atoms with E-state index in [2.05, 4.69) is 313 Å². The first-order chi connectivity index (χ1) is 37.7. The standard InChI is InChI=1S/C72H50N2Si2/c1-5-23-53(24-6-1)74-67-36-17-13-32-61(67)66-49-55(45-47-68(66)74)73(56-44-46-65-64-35-16-18-37-69(64)75(72(65)50-56,57-25-7-2-8-26-57)58-27-9-3-10-28-58)54-42-40-51(41-43-54)52-22-21-31-60(48-52)76(59-29-11-4-12-30-59)70-38-19-14-33-62(70)63-34-15-20-39-71(63)76/h1-50H. The minimum absolute atomic E-state index is 1.10. The van der Waals surface area contributed by atoms with Crippen molar-refractivity contribution in [2.24, 2.45) is 0 Å². The summed E-state index contributed by atoms with van der Waals surface area (Å²) in [6, 6.07) is 114.